The number of carboxylic acid groups (broad SMARTS) is 1. The van der Waals surface area contributed by atoms with Crippen molar-refractivity contribution >= 4 is 11.8 Å². The van der Waals surface area contributed by atoms with E-state index in [9.17, 15) is 14.3 Å². The molecule has 3 aliphatic rings. The zero-order valence-electron chi connectivity index (χ0n) is 20.0. The molecule has 2 aliphatic heterocycles. The Kier molecular flexibility index (Phi) is 7.48. The minimum Gasteiger partial charge on any atom is -0.490 e. The van der Waals surface area contributed by atoms with Crippen LogP contribution in [-0.2, 0) is 22.4 Å². The molecule has 0 spiro atoms. The van der Waals surface area contributed by atoms with E-state index >= 15 is 0 Å². The van der Waals surface area contributed by atoms with Crippen molar-refractivity contribution in [2.24, 2.45) is 0 Å². The summed E-state index contributed by atoms with van der Waals surface area (Å²) in [6, 6.07) is 10.5. The van der Waals surface area contributed by atoms with Crippen molar-refractivity contribution in [3.05, 3.63) is 53.2 Å². The molecule has 8 heteroatoms. The van der Waals surface area contributed by atoms with Crippen LogP contribution in [0.2, 0.25) is 0 Å². The molecule has 0 amide bonds. The van der Waals surface area contributed by atoms with E-state index in [1.807, 2.05) is 6.07 Å². The summed E-state index contributed by atoms with van der Waals surface area (Å²) in [6.45, 7) is 1.70. The molecule has 1 saturated carbocycles. The summed E-state index contributed by atoms with van der Waals surface area (Å²) in [6.07, 6.45) is 5.06. The van der Waals surface area contributed by atoms with Crippen LogP contribution in [0.3, 0.4) is 0 Å². The predicted molar refractivity (Wildman–Crippen MR) is 131 cm³/mol. The Morgan fingerprint density at radius 3 is 2.89 bits per heavy atom. The lowest BCUT2D eigenvalue weighted by Gasteiger charge is -2.26. The Morgan fingerprint density at radius 1 is 1.20 bits per heavy atom. The predicted octanol–water partition coefficient (Wildman–Crippen LogP) is 4.17. The summed E-state index contributed by atoms with van der Waals surface area (Å²) in [4.78, 5) is 18.6. The van der Waals surface area contributed by atoms with Crippen molar-refractivity contribution in [1.29, 1.82) is 0 Å². The van der Waals surface area contributed by atoms with Crippen LogP contribution in [0.25, 0.3) is 0 Å². The van der Waals surface area contributed by atoms with Gasteiger partial charge in [0.2, 0.25) is 0 Å². The highest BCUT2D eigenvalue weighted by atomic mass is 19.1. The fourth-order valence-corrected chi connectivity index (χ4v) is 4.95. The van der Waals surface area contributed by atoms with Gasteiger partial charge in [-0.3, -0.25) is 9.69 Å². The van der Waals surface area contributed by atoms with Crippen molar-refractivity contribution in [2.75, 3.05) is 31.6 Å². The van der Waals surface area contributed by atoms with Crippen LogP contribution in [0.4, 0.5) is 10.2 Å². The molecule has 1 saturated heterocycles. The Bertz CT molecular complexity index is 1030. The molecular formula is C27H34FN3O4. The number of halogens is 1. The number of aryl methyl sites for hydroxylation is 2. The minimum absolute atomic E-state index is 0.0332. The number of unbranched alkanes of at least 4 members (excludes halogenated alkanes) is 1. The average Bonchev–Trinajstić information content (AvgIpc) is 3.60. The molecule has 0 unspecified atom stereocenters. The quantitative estimate of drug-likeness (QED) is 0.464. The topological polar surface area (TPSA) is 83.9 Å². The summed E-state index contributed by atoms with van der Waals surface area (Å²) in [5.74, 6) is 0.582. The first-order valence-corrected chi connectivity index (χ1v) is 12.8. The molecule has 0 bridgehead atoms. The number of anilines is 1. The number of pyridine rings is 1. The summed E-state index contributed by atoms with van der Waals surface area (Å²) in [5.41, 5.74) is 2.92. The molecule has 2 N–H and O–H groups in total. The lowest BCUT2D eigenvalue weighted by atomic mass is 10.0. The van der Waals surface area contributed by atoms with Gasteiger partial charge < -0.3 is 19.9 Å². The van der Waals surface area contributed by atoms with Crippen molar-refractivity contribution in [1.82, 2.24) is 9.88 Å². The minimum atomic E-state index is -1.22. The maximum Gasteiger partial charge on any atom is 0.325 e. The number of aliphatic carboxylic acids is 1. The van der Waals surface area contributed by atoms with E-state index in [0.29, 0.717) is 17.9 Å². The molecular weight excluding hydrogens is 449 g/mol. The van der Waals surface area contributed by atoms with E-state index in [0.717, 1.165) is 63.0 Å². The van der Waals surface area contributed by atoms with Gasteiger partial charge in [-0.25, -0.2) is 9.37 Å². The number of aromatic nitrogens is 1. The highest BCUT2D eigenvalue weighted by Gasteiger charge is 2.41. The van der Waals surface area contributed by atoms with Gasteiger partial charge in [0, 0.05) is 37.5 Å². The van der Waals surface area contributed by atoms with Crippen LogP contribution >= 0.6 is 0 Å². The zero-order chi connectivity index (χ0) is 24.2. The van der Waals surface area contributed by atoms with Gasteiger partial charge in [-0.05, 0) is 62.6 Å². The number of alkyl halides is 1. The number of benzene rings is 1. The van der Waals surface area contributed by atoms with Crippen molar-refractivity contribution in [3.63, 3.8) is 0 Å². The Balaban J connectivity index is 1.12. The van der Waals surface area contributed by atoms with Gasteiger partial charge >= 0.3 is 5.97 Å². The zero-order valence-corrected chi connectivity index (χ0v) is 20.0. The van der Waals surface area contributed by atoms with Gasteiger partial charge in [0.25, 0.3) is 0 Å². The van der Waals surface area contributed by atoms with Crippen LogP contribution in [0.1, 0.15) is 55.0 Å². The Hall–Kier alpha value is -2.71. The summed E-state index contributed by atoms with van der Waals surface area (Å²) >= 11 is 0. The number of para-hydroxylation sites is 1. The van der Waals surface area contributed by atoms with Crippen molar-refractivity contribution in [3.8, 4) is 5.75 Å². The summed E-state index contributed by atoms with van der Waals surface area (Å²) in [5, 5.41) is 13.4. The number of fused-ring (bicyclic) bond motifs is 1. The molecule has 1 aliphatic carbocycles. The van der Waals surface area contributed by atoms with Crippen LogP contribution in [0.15, 0.2) is 36.4 Å². The molecule has 35 heavy (non-hydrogen) atoms. The van der Waals surface area contributed by atoms with E-state index in [1.54, 1.807) is 23.1 Å². The molecule has 3 heterocycles. The number of carboxylic acids is 1. The number of carbonyl (C=O) groups is 1. The number of nitrogens with one attached hydrogen (secondary N) is 1. The first kappa shape index (κ1) is 24.0. The third-order valence-electron chi connectivity index (χ3n) is 6.97. The molecule has 188 valence electrons. The van der Waals surface area contributed by atoms with Crippen LogP contribution in [-0.4, -0.2) is 65.6 Å². The van der Waals surface area contributed by atoms with Gasteiger partial charge in [0.15, 0.2) is 0 Å². The highest BCUT2D eigenvalue weighted by Crippen LogP contribution is 2.36. The lowest BCUT2D eigenvalue weighted by Crippen LogP contribution is -2.34. The fraction of sp³-hybridized carbons (Fsp3) is 0.556. The third kappa shape index (κ3) is 5.93. The third-order valence-corrected chi connectivity index (χ3v) is 6.97. The molecule has 2 fully saturated rings. The molecule has 0 radical (unpaired) electrons. The van der Waals surface area contributed by atoms with Gasteiger partial charge in [-0.2, -0.15) is 0 Å². The SMILES string of the molecule is O=C(O)[C@@H](c1ccccc1OC1CC1)N1C[C@@H](F)[C@@H](OCCCCc2ccc3c(n2)NCCC3)C1. The monoisotopic (exact) mass is 483 g/mol. The number of rotatable bonds is 11. The Labute approximate surface area is 205 Å². The summed E-state index contributed by atoms with van der Waals surface area (Å²) in [7, 11) is 0. The van der Waals surface area contributed by atoms with E-state index in [-0.39, 0.29) is 19.2 Å². The van der Waals surface area contributed by atoms with E-state index in [1.165, 1.54) is 5.56 Å². The molecule has 1 aromatic heterocycles. The number of hydrogen-bond acceptors (Lipinski definition) is 6. The van der Waals surface area contributed by atoms with Crippen molar-refractivity contribution < 1.29 is 23.8 Å². The van der Waals surface area contributed by atoms with Gasteiger partial charge in [0.1, 0.15) is 29.9 Å². The smallest absolute Gasteiger partial charge is 0.325 e. The average molecular weight is 484 g/mol. The fourth-order valence-electron chi connectivity index (χ4n) is 4.95. The molecule has 2 aromatic rings. The number of nitrogens with zero attached hydrogens (tertiary/aromatic N) is 2. The van der Waals surface area contributed by atoms with Crippen LogP contribution in [0.5, 0.6) is 5.75 Å². The van der Waals surface area contributed by atoms with Crippen LogP contribution in [0, 0.1) is 0 Å². The molecule has 7 nitrogen and oxygen atoms in total. The van der Waals surface area contributed by atoms with Crippen molar-refractivity contribution in [2.45, 2.75) is 69.4 Å². The molecule has 3 atom stereocenters. The second-order valence-electron chi connectivity index (χ2n) is 9.77. The first-order chi connectivity index (χ1) is 17.1. The number of hydrogen-bond donors (Lipinski definition) is 2. The maximum absolute atomic E-state index is 14.8. The normalized spacial score (nSPS) is 22.9. The molecule has 5 rings (SSSR count). The Morgan fingerprint density at radius 2 is 2.06 bits per heavy atom. The largest absolute Gasteiger partial charge is 0.490 e. The van der Waals surface area contributed by atoms with E-state index in [2.05, 4.69) is 17.4 Å². The van der Waals surface area contributed by atoms with Gasteiger partial charge in [-0.1, -0.05) is 24.3 Å². The first-order valence-electron chi connectivity index (χ1n) is 12.8. The summed E-state index contributed by atoms with van der Waals surface area (Å²) < 4.78 is 26.6. The second kappa shape index (κ2) is 10.9. The van der Waals surface area contributed by atoms with E-state index < -0.39 is 24.3 Å². The maximum atomic E-state index is 14.8. The van der Waals surface area contributed by atoms with Gasteiger partial charge in [-0.15, -0.1) is 0 Å². The van der Waals surface area contributed by atoms with Crippen LogP contribution < -0.4 is 10.1 Å². The molecule has 1 aromatic carbocycles. The lowest BCUT2D eigenvalue weighted by molar-refractivity contribution is -0.143. The second-order valence-corrected chi connectivity index (χ2v) is 9.77. The number of likely N-dealkylation sites (tertiary alicyclic amines) is 1. The standard InChI is InChI=1S/C27H34FN3O4/c28-22-16-31(25(27(32)33)21-8-1-2-9-23(21)35-20-12-13-20)17-24(22)34-15-4-3-7-19-11-10-18-6-5-14-29-26(18)30-19/h1-2,8-11,20,22,24-25H,3-7,12-17H2,(H,29,30)(H,32,33)/t22-,24+,25-/m1/s1. The highest BCUT2D eigenvalue weighted by molar-refractivity contribution is 5.77. The number of ether oxygens (including phenoxy) is 2. The van der Waals surface area contributed by atoms with Gasteiger partial charge in [0.05, 0.1) is 6.10 Å². The van der Waals surface area contributed by atoms with E-state index in [4.69, 9.17) is 14.5 Å².